The number of hydrogen-bond donors (Lipinski definition) is 1. The van der Waals surface area contributed by atoms with E-state index in [1.165, 1.54) is 5.56 Å². The molecule has 1 atom stereocenters. The number of benzene rings is 1. The molecule has 3 nitrogen and oxygen atoms in total. The van der Waals surface area contributed by atoms with Crippen LogP contribution in [-0.4, -0.2) is 42.5 Å². The minimum atomic E-state index is 0.625. The Hall–Kier alpha value is -1.06. The number of rotatable bonds is 2. The van der Waals surface area contributed by atoms with Gasteiger partial charge in [0.15, 0.2) is 0 Å². The third-order valence-corrected chi connectivity index (χ3v) is 3.30. The number of nitrogen functional groups attached to an aromatic ring is 1. The third kappa shape index (κ3) is 2.74. The molecule has 16 heavy (non-hydrogen) atoms. The molecule has 1 saturated heterocycles. The maximum Gasteiger partial charge on any atom is 0.0317 e. The molecule has 0 spiro atoms. The Labute approximate surface area is 97.8 Å². The van der Waals surface area contributed by atoms with Gasteiger partial charge in [-0.05, 0) is 31.7 Å². The molecule has 1 fully saturated rings. The normalized spacial score (nSPS) is 23.5. The van der Waals surface area contributed by atoms with Gasteiger partial charge >= 0.3 is 0 Å². The maximum atomic E-state index is 5.79. The van der Waals surface area contributed by atoms with Crippen LogP contribution in [0, 0.1) is 0 Å². The Morgan fingerprint density at radius 2 is 2.19 bits per heavy atom. The van der Waals surface area contributed by atoms with E-state index >= 15 is 0 Å². The predicted octanol–water partition coefficient (Wildman–Crippen LogP) is 1.40. The largest absolute Gasteiger partial charge is 0.399 e. The minimum Gasteiger partial charge on any atom is -0.399 e. The average molecular weight is 219 g/mol. The topological polar surface area (TPSA) is 32.5 Å². The first kappa shape index (κ1) is 11.4. The molecule has 1 heterocycles. The molecule has 88 valence electrons. The number of anilines is 1. The molecule has 1 aromatic carbocycles. The summed E-state index contributed by atoms with van der Waals surface area (Å²) in [4.78, 5) is 4.91. The van der Waals surface area contributed by atoms with Crippen LogP contribution < -0.4 is 5.73 Å². The maximum absolute atomic E-state index is 5.79. The molecule has 0 radical (unpaired) electrons. The van der Waals surface area contributed by atoms with Crippen molar-refractivity contribution in [2.75, 3.05) is 32.4 Å². The van der Waals surface area contributed by atoms with Crippen LogP contribution in [0.25, 0.3) is 0 Å². The Bertz CT molecular complexity index is 351. The molecule has 0 saturated carbocycles. The van der Waals surface area contributed by atoms with E-state index in [1.807, 2.05) is 12.1 Å². The number of nitrogens with zero attached hydrogens (tertiary/aromatic N) is 2. The van der Waals surface area contributed by atoms with Gasteiger partial charge in [-0.1, -0.05) is 12.1 Å². The molecule has 0 bridgehead atoms. The second-order valence-electron chi connectivity index (χ2n) is 4.83. The Balaban J connectivity index is 1.99. The number of hydrogen-bond acceptors (Lipinski definition) is 3. The lowest BCUT2D eigenvalue weighted by molar-refractivity contribution is 0.0938. The van der Waals surface area contributed by atoms with Crippen LogP contribution in [-0.2, 0) is 6.54 Å². The number of piperazine rings is 1. The SMILES string of the molecule is CC1CN(C)CCN1Cc1cccc(N)c1. The summed E-state index contributed by atoms with van der Waals surface area (Å²) >= 11 is 0. The molecular formula is C13H21N3. The monoisotopic (exact) mass is 219 g/mol. The van der Waals surface area contributed by atoms with Gasteiger partial charge in [0.25, 0.3) is 0 Å². The summed E-state index contributed by atoms with van der Waals surface area (Å²) in [5, 5.41) is 0. The lowest BCUT2D eigenvalue weighted by Gasteiger charge is -2.38. The highest BCUT2D eigenvalue weighted by Crippen LogP contribution is 2.14. The van der Waals surface area contributed by atoms with E-state index in [0.29, 0.717) is 6.04 Å². The summed E-state index contributed by atoms with van der Waals surface area (Å²) in [6.07, 6.45) is 0. The third-order valence-electron chi connectivity index (χ3n) is 3.30. The quantitative estimate of drug-likeness (QED) is 0.763. The van der Waals surface area contributed by atoms with Crippen molar-refractivity contribution >= 4 is 5.69 Å². The van der Waals surface area contributed by atoms with E-state index in [-0.39, 0.29) is 0 Å². The molecule has 2 rings (SSSR count). The summed E-state index contributed by atoms with van der Waals surface area (Å²) < 4.78 is 0. The highest BCUT2D eigenvalue weighted by Gasteiger charge is 2.21. The van der Waals surface area contributed by atoms with Crippen LogP contribution in [0.4, 0.5) is 5.69 Å². The molecule has 1 unspecified atom stereocenters. The zero-order valence-corrected chi connectivity index (χ0v) is 10.2. The minimum absolute atomic E-state index is 0.625. The summed E-state index contributed by atoms with van der Waals surface area (Å²) in [7, 11) is 2.19. The molecule has 1 aliphatic heterocycles. The van der Waals surface area contributed by atoms with Gasteiger partial charge in [0.05, 0.1) is 0 Å². The van der Waals surface area contributed by atoms with Crippen molar-refractivity contribution in [2.45, 2.75) is 19.5 Å². The molecule has 1 aromatic rings. The lowest BCUT2D eigenvalue weighted by atomic mass is 10.1. The molecule has 0 aromatic heterocycles. The van der Waals surface area contributed by atoms with E-state index in [2.05, 4.69) is 35.9 Å². The fraction of sp³-hybridized carbons (Fsp3) is 0.538. The van der Waals surface area contributed by atoms with Gasteiger partial charge in [0, 0.05) is 37.9 Å². The fourth-order valence-corrected chi connectivity index (χ4v) is 2.34. The van der Waals surface area contributed by atoms with Gasteiger partial charge in [-0.2, -0.15) is 0 Å². The summed E-state index contributed by atoms with van der Waals surface area (Å²) in [6, 6.07) is 8.83. The molecule has 0 aliphatic carbocycles. The fourth-order valence-electron chi connectivity index (χ4n) is 2.34. The van der Waals surface area contributed by atoms with Crippen molar-refractivity contribution in [1.82, 2.24) is 9.80 Å². The van der Waals surface area contributed by atoms with Crippen molar-refractivity contribution in [1.29, 1.82) is 0 Å². The van der Waals surface area contributed by atoms with Crippen molar-refractivity contribution in [3.05, 3.63) is 29.8 Å². The molecule has 0 amide bonds. The molecule has 3 heteroatoms. The van der Waals surface area contributed by atoms with Crippen molar-refractivity contribution < 1.29 is 0 Å². The van der Waals surface area contributed by atoms with E-state index in [4.69, 9.17) is 5.73 Å². The van der Waals surface area contributed by atoms with E-state index in [9.17, 15) is 0 Å². The van der Waals surface area contributed by atoms with E-state index in [0.717, 1.165) is 31.9 Å². The second kappa shape index (κ2) is 4.85. The van der Waals surface area contributed by atoms with Gasteiger partial charge in [-0.3, -0.25) is 4.90 Å². The van der Waals surface area contributed by atoms with Gasteiger partial charge in [0.2, 0.25) is 0 Å². The smallest absolute Gasteiger partial charge is 0.0317 e. The number of likely N-dealkylation sites (N-methyl/N-ethyl adjacent to an activating group) is 1. The second-order valence-corrected chi connectivity index (χ2v) is 4.83. The predicted molar refractivity (Wildman–Crippen MR) is 68.2 cm³/mol. The average Bonchev–Trinajstić information content (AvgIpc) is 2.22. The summed E-state index contributed by atoms with van der Waals surface area (Å²) in [6.45, 7) is 6.77. The van der Waals surface area contributed by atoms with Crippen LogP contribution in [0.1, 0.15) is 12.5 Å². The lowest BCUT2D eigenvalue weighted by Crippen LogP contribution is -2.49. The first-order chi connectivity index (χ1) is 7.65. The van der Waals surface area contributed by atoms with Gasteiger partial charge in [-0.25, -0.2) is 0 Å². The molecule has 1 aliphatic rings. The zero-order chi connectivity index (χ0) is 11.5. The Kier molecular flexibility index (Phi) is 3.46. The molecular weight excluding hydrogens is 198 g/mol. The first-order valence-electron chi connectivity index (χ1n) is 5.92. The van der Waals surface area contributed by atoms with Crippen LogP contribution in [0.2, 0.25) is 0 Å². The van der Waals surface area contributed by atoms with E-state index < -0.39 is 0 Å². The van der Waals surface area contributed by atoms with Crippen LogP contribution in [0.3, 0.4) is 0 Å². The van der Waals surface area contributed by atoms with Crippen LogP contribution >= 0.6 is 0 Å². The molecule has 2 N–H and O–H groups in total. The summed E-state index contributed by atoms with van der Waals surface area (Å²) in [5.74, 6) is 0. The van der Waals surface area contributed by atoms with Gasteiger partial charge < -0.3 is 10.6 Å². The van der Waals surface area contributed by atoms with Gasteiger partial charge in [-0.15, -0.1) is 0 Å². The van der Waals surface area contributed by atoms with E-state index in [1.54, 1.807) is 0 Å². The Morgan fingerprint density at radius 1 is 1.38 bits per heavy atom. The standard InChI is InChI=1S/C13H21N3/c1-11-9-15(2)6-7-16(11)10-12-4-3-5-13(14)8-12/h3-5,8,11H,6-7,9-10,14H2,1-2H3. The van der Waals surface area contributed by atoms with Crippen molar-refractivity contribution in [2.24, 2.45) is 0 Å². The van der Waals surface area contributed by atoms with Crippen LogP contribution in [0.15, 0.2) is 24.3 Å². The van der Waals surface area contributed by atoms with Crippen LogP contribution in [0.5, 0.6) is 0 Å². The Morgan fingerprint density at radius 3 is 2.88 bits per heavy atom. The highest BCUT2D eigenvalue weighted by molar-refractivity contribution is 5.40. The van der Waals surface area contributed by atoms with Crippen molar-refractivity contribution in [3.8, 4) is 0 Å². The van der Waals surface area contributed by atoms with Gasteiger partial charge in [0.1, 0.15) is 0 Å². The highest BCUT2D eigenvalue weighted by atomic mass is 15.3. The zero-order valence-electron chi connectivity index (χ0n) is 10.2. The number of nitrogens with two attached hydrogens (primary N) is 1. The first-order valence-corrected chi connectivity index (χ1v) is 5.92. The van der Waals surface area contributed by atoms with Crippen molar-refractivity contribution in [3.63, 3.8) is 0 Å². The summed E-state index contributed by atoms with van der Waals surface area (Å²) in [5.41, 5.74) is 7.97.